The molecule has 3 aromatic heterocycles. The van der Waals surface area contributed by atoms with Crippen molar-refractivity contribution in [1.29, 1.82) is 0 Å². The number of hydrogen-bond acceptors (Lipinski definition) is 5. The zero-order chi connectivity index (χ0) is 17.3. The van der Waals surface area contributed by atoms with Crippen LogP contribution < -0.4 is 0 Å². The van der Waals surface area contributed by atoms with E-state index in [-0.39, 0.29) is 0 Å². The van der Waals surface area contributed by atoms with Crippen molar-refractivity contribution in [2.75, 3.05) is 13.1 Å². The summed E-state index contributed by atoms with van der Waals surface area (Å²) in [7, 11) is 0. The van der Waals surface area contributed by atoms with E-state index in [0.29, 0.717) is 0 Å². The van der Waals surface area contributed by atoms with Crippen LogP contribution in [0, 0.1) is 0 Å². The molecule has 0 amide bonds. The molecular weight excluding hydrogens is 327 g/mol. The highest BCUT2D eigenvalue weighted by Crippen LogP contribution is 2.04. The maximum atomic E-state index is 4.46. The number of nitrogens with zero attached hydrogens (tertiary/aromatic N) is 6. The van der Waals surface area contributed by atoms with Crippen LogP contribution in [0.3, 0.4) is 0 Å². The summed E-state index contributed by atoms with van der Waals surface area (Å²) < 4.78 is 4.38. The molecule has 0 aliphatic carbocycles. The van der Waals surface area contributed by atoms with Gasteiger partial charge in [-0.2, -0.15) is 5.10 Å². The number of pyridine rings is 2. The Bertz CT molecular complexity index is 720. The zero-order valence-corrected chi connectivity index (χ0v) is 16.6. The molecule has 3 heterocycles. The molecule has 7 heteroatoms. The Balaban J connectivity index is 1.56. The predicted octanol–water partition coefficient (Wildman–Crippen LogP) is 1.18. The van der Waals surface area contributed by atoms with Gasteiger partial charge in [0, 0.05) is 44.4 Å². The van der Waals surface area contributed by atoms with Crippen molar-refractivity contribution in [3.63, 3.8) is 0 Å². The number of rotatable bonds is 9. The second kappa shape index (κ2) is 9.45. The van der Waals surface area contributed by atoms with Gasteiger partial charge in [-0.3, -0.25) is 19.5 Å². The predicted molar refractivity (Wildman–Crippen MR) is 100 cm³/mol. The van der Waals surface area contributed by atoms with Crippen LogP contribution in [0.5, 0.6) is 0 Å². The van der Waals surface area contributed by atoms with Gasteiger partial charge in [-0.15, -0.1) is 0 Å². The Morgan fingerprint density at radius 3 is 2.16 bits per heavy atom. The summed E-state index contributed by atoms with van der Waals surface area (Å²) in [6.45, 7) is 4.47. The lowest BCUT2D eigenvalue weighted by Crippen LogP contribution is -2.35. The van der Waals surface area contributed by atoms with E-state index in [4.69, 9.17) is 0 Å². The standard InChI is InChI=1S/C18H21N6.Al.2H/c1-3-8-20-17(6-1)14-19-11-13-23(16-24-12-5-10-22-24)15-18-7-2-4-9-21-18;;;/h1-10,12H,11,13-16H2;;;/q-1;+1;;. The molecule has 0 spiro atoms. The van der Waals surface area contributed by atoms with Crippen LogP contribution in [0.25, 0.3) is 0 Å². The third kappa shape index (κ3) is 6.07. The minimum absolute atomic E-state index is 0.766. The third-order valence-electron chi connectivity index (χ3n) is 3.97. The molecule has 0 saturated carbocycles. The van der Waals surface area contributed by atoms with Gasteiger partial charge in [0.2, 0.25) is 0 Å². The Kier molecular flexibility index (Phi) is 6.72. The zero-order valence-electron chi connectivity index (χ0n) is 14.6. The van der Waals surface area contributed by atoms with Gasteiger partial charge >= 0.3 is 16.5 Å². The normalized spacial score (nSPS) is 11.3. The smallest absolute Gasteiger partial charge is 0.322 e. The average Bonchev–Trinajstić information content (AvgIpc) is 3.14. The van der Waals surface area contributed by atoms with Crippen LogP contribution in [0.4, 0.5) is 0 Å². The van der Waals surface area contributed by atoms with Crippen LogP contribution in [0.2, 0.25) is 0 Å². The summed E-state index contributed by atoms with van der Waals surface area (Å²) in [4.78, 5) is 11.2. The van der Waals surface area contributed by atoms with E-state index in [1.165, 1.54) is 0 Å². The van der Waals surface area contributed by atoms with E-state index in [9.17, 15) is 0 Å². The van der Waals surface area contributed by atoms with Crippen LogP contribution in [0.15, 0.2) is 67.3 Å². The van der Waals surface area contributed by atoms with Gasteiger partial charge < -0.3 is 3.88 Å². The Labute approximate surface area is 156 Å². The lowest BCUT2D eigenvalue weighted by Gasteiger charge is -2.25. The van der Waals surface area contributed by atoms with Crippen molar-refractivity contribution in [2.24, 2.45) is 0 Å². The minimum atomic E-state index is 0.766. The average molecular weight is 350 g/mol. The van der Waals surface area contributed by atoms with Gasteiger partial charge in [-0.1, -0.05) is 12.1 Å². The van der Waals surface area contributed by atoms with E-state index in [0.717, 1.165) is 60.7 Å². The molecule has 0 fully saturated rings. The fourth-order valence-electron chi connectivity index (χ4n) is 2.67. The van der Waals surface area contributed by atoms with Crippen molar-refractivity contribution >= 4 is 16.5 Å². The van der Waals surface area contributed by atoms with Crippen LogP contribution >= 0.6 is 0 Å². The molecule has 3 aromatic rings. The van der Waals surface area contributed by atoms with E-state index >= 15 is 0 Å². The fourth-order valence-corrected chi connectivity index (χ4v) is 3.19. The SMILES string of the molecule is [AlH2][N](CCN(Cc1ccccn1)Cn1cccn1)Cc1ccccn1. The molecule has 0 saturated heterocycles. The van der Waals surface area contributed by atoms with Gasteiger partial charge in [0.15, 0.2) is 0 Å². The summed E-state index contributed by atoms with van der Waals surface area (Å²) >= 11 is 1.01. The monoisotopic (exact) mass is 350 g/mol. The second-order valence-corrected chi connectivity index (χ2v) is 7.38. The molecule has 128 valence electrons. The Morgan fingerprint density at radius 2 is 1.56 bits per heavy atom. The largest absolute Gasteiger partial charge is 0.385 e. The van der Waals surface area contributed by atoms with E-state index in [1.54, 1.807) is 0 Å². The molecule has 25 heavy (non-hydrogen) atoms. The minimum Gasteiger partial charge on any atom is -0.385 e. The lowest BCUT2D eigenvalue weighted by molar-refractivity contribution is 0.183. The fraction of sp³-hybridized carbons (Fsp3) is 0.278. The highest BCUT2D eigenvalue weighted by atomic mass is 27.1. The molecule has 0 aliphatic rings. The Morgan fingerprint density at radius 1 is 0.840 bits per heavy atom. The number of hydrogen-bond donors (Lipinski definition) is 0. The first-order valence-electron chi connectivity index (χ1n) is 8.48. The maximum absolute atomic E-state index is 4.46. The van der Waals surface area contributed by atoms with Crippen molar-refractivity contribution in [3.8, 4) is 0 Å². The molecule has 3 rings (SSSR count). The summed E-state index contributed by atoms with van der Waals surface area (Å²) in [6.07, 6.45) is 7.52. The van der Waals surface area contributed by atoms with Crippen LogP contribution in [-0.4, -0.2) is 58.1 Å². The van der Waals surface area contributed by atoms with Crippen molar-refractivity contribution in [3.05, 3.63) is 78.6 Å². The van der Waals surface area contributed by atoms with Gasteiger partial charge in [-0.05, 0) is 36.9 Å². The molecule has 6 nitrogen and oxygen atoms in total. The highest BCUT2D eigenvalue weighted by molar-refractivity contribution is 6.04. The van der Waals surface area contributed by atoms with Gasteiger partial charge in [-0.25, -0.2) is 0 Å². The first kappa shape index (κ1) is 17.8. The molecule has 0 aliphatic heterocycles. The summed E-state index contributed by atoms with van der Waals surface area (Å²) in [5.41, 5.74) is 2.21. The summed E-state index contributed by atoms with van der Waals surface area (Å²) in [5, 5.41) is 4.33. The quantitative estimate of drug-likeness (QED) is 0.543. The first-order chi connectivity index (χ1) is 12.3. The maximum Gasteiger partial charge on any atom is 0.322 e. The van der Waals surface area contributed by atoms with Crippen LogP contribution in [-0.2, 0) is 19.8 Å². The molecule has 0 atom stereocenters. The topological polar surface area (TPSA) is 50.1 Å². The molecular formula is C18H23AlN6. The van der Waals surface area contributed by atoms with Crippen molar-refractivity contribution in [2.45, 2.75) is 19.8 Å². The van der Waals surface area contributed by atoms with Gasteiger partial charge in [0.25, 0.3) is 0 Å². The summed E-state index contributed by atoms with van der Waals surface area (Å²) in [5.74, 6) is 0. The molecule has 0 aromatic carbocycles. The summed E-state index contributed by atoms with van der Waals surface area (Å²) in [6, 6.07) is 14.1. The van der Waals surface area contributed by atoms with E-state index in [2.05, 4.69) is 36.0 Å². The molecule has 0 radical (unpaired) electrons. The van der Waals surface area contributed by atoms with Gasteiger partial charge in [0.1, 0.15) is 0 Å². The van der Waals surface area contributed by atoms with Crippen molar-refractivity contribution < 1.29 is 0 Å². The highest BCUT2D eigenvalue weighted by Gasteiger charge is 2.10. The second-order valence-electron chi connectivity index (χ2n) is 6.12. The molecule has 0 unspecified atom stereocenters. The van der Waals surface area contributed by atoms with Crippen molar-refractivity contribution in [1.82, 2.24) is 28.5 Å². The van der Waals surface area contributed by atoms with E-state index < -0.39 is 0 Å². The Hall–Kier alpha value is -2.04. The molecule has 0 bridgehead atoms. The first-order valence-corrected chi connectivity index (χ1v) is 9.37. The lowest BCUT2D eigenvalue weighted by atomic mass is 10.3. The number of aromatic nitrogens is 4. The third-order valence-corrected chi connectivity index (χ3v) is 4.74. The van der Waals surface area contributed by atoms with E-state index in [1.807, 2.05) is 59.8 Å². The molecule has 0 N–H and O–H groups in total. The van der Waals surface area contributed by atoms with Gasteiger partial charge in [0.05, 0.1) is 18.1 Å². The van der Waals surface area contributed by atoms with Crippen LogP contribution in [0.1, 0.15) is 11.4 Å².